The molecule has 1 rings (SSSR count). The van der Waals surface area contributed by atoms with Crippen LogP contribution in [0.1, 0.15) is 26.0 Å². The summed E-state index contributed by atoms with van der Waals surface area (Å²) in [5, 5.41) is 7.60. The zero-order valence-electron chi connectivity index (χ0n) is 9.03. The van der Waals surface area contributed by atoms with E-state index >= 15 is 0 Å². The van der Waals surface area contributed by atoms with E-state index in [1.807, 2.05) is 17.8 Å². The molecular weight excluding hydrogens is 174 g/mol. The Morgan fingerprint density at radius 1 is 1.57 bits per heavy atom. The molecule has 1 N–H and O–H groups in total. The van der Waals surface area contributed by atoms with Crippen LogP contribution in [-0.4, -0.2) is 16.3 Å². The average Bonchev–Trinajstić information content (AvgIpc) is 2.65. The third-order valence-electron chi connectivity index (χ3n) is 2.13. The maximum atomic E-state index is 4.21. The quantitative estimate of drug-likeness (QED) is 0.553. The number of aryl methyl sites for hydroxylation is 1. The molecule has 0 spiro atoms. The first-order valence-electron chi connectivity index (χ1n) is 5.21. The minimum absolute atomic E-state index is 0.908. The van der Waals surface area contributed by atoms with Gasteiger partial charge in [-0.1, -0.05) is 12.2 Å². The maximum absolute atomic E-state index is 4.21. The second kappa shape index (κ2) is 6.38. The van der Waals surface area contributed by atoms with E-state index in [0.29, 0.717) is 0 Å². The molecule has 0 atom stereocenters. The van der Waals surface area contributed by atoms with Gasteiger partial charge in [0.05, 0.1) is 5.69 Å². The van der Waals surface area contributed by atoms with E-state index in [1.165, 1.54) is 5.69 Å². The zero-order chi connectivity index (χ0) is 10.2. The van der Waals surface area contributed by atoms with Crippen molar-refractivity contribution in [2.75, 3.05) is 6.54 Å². The first-order chi connectivity index (χ1) is 6.88. The van der Waals surface area contributed by atoms with E-state index < -0.39 is 0 Å². The molecule has 1 aromatic heterocycles. The molecule has 1 heterocycles. The highest BCUT2D eigenvalue weighted by molar-refractivity contribution is 4.99. The third-order valence-corrected chi connectivity index (χ3v) is 2.13. The van der Waals surface area contributed by atoms with Gasteiger partial charge in [0.2, 0.25) is 0 Å². The van der Waals surface area contributed by atoms with Gasteiger partial charge in [-0.3, -0.25) is 4.68 Å². The van der Waals surface area contributed by atoms with Crippen LogP contribution in [-0.2, 0) is 13.1 Å². The van der Waals surface area contributed by atoms with Crippen molar-refractivity contribution in [1.82, 2.24) is 15.1 Å². The van der Waals surface area contributed by atoms with Crippen molar-refractivity contribution in [2.45, 2.75) is 33.4 Å². The molecule has 0 saturated carbocycles. The summed E-state index contributed by atoms with van der Waals surface area (Å²) in [6, 6.07) is 2.06. The zero-order valence-corrected chi connectivity index (χ0v) is 9.03. The Kier molecular flexibility index (Phi) is 5.00. The molecule has 14 heavy (non-hydrogen) atoms. The van der Waals surface area contributed by atoms with E-state index in [1.54, 1.807) is 0 Å². The number of nitrogens with one attached hydrogen (secondary N) is 1. The topological polar surface area (TPSA) is 29.9 Å². The minimum atomic E-state index is 0.908. The maximum Gasteiger partial charge on any atom is 0.0521 e. The summed E-state index contributed by atoms with van der Waals surface area (Å²) in [5.74, 6) is 0. The van der Waals surface area contributed by atoms with E-state index in [-0.39, 0.29) is 0 Å². The lowest BCUT2D eigenvalue weighted by atomic mass is 10.3. The Bertz CT molecular complexity index is 276. The van der Waals surface area contributed by atoms with Crippen molar-refractivity contribution >= 4 is 0 Å². The van der Waals surface area contributed by atoms with Crippen LogP contribution in [0.4, 0.5) is 0 Å². The summed E-state index contributed by atoms with van der Waals surface area (Å²) in [4.78, 5) is 0. The van der Waals surface area contributed by atoms with Crippen molar-refractivity contribution in [2.24, 2.45) is 0 Å². The lowest BCUT2D eigenvalue weighted by Crippen LogP contribution is -2.17. The van der Waals surface area contributed by atoms with Crippen LogP contribution in [0.3, 0.4) is 0 Å². The SMILES string of the molecule is C/C=C/CCNCc1ccnn1CC. The standard InChI is InChI=1S/C11H19N3/c1-3-5-6-8-12-10-11-7-9-13-14(11)4-2/h3,5,7,9,12H,4,6,8,10H2,1-2H3/b5-3+. The highest BCUT2D eigenvalue weighted by atomic mass is 15.3. The summed E-state index contributed by atoms with van der Waals surface area (Å²) in [6.45, 7) is 7.03. The highest BCUT2D eigenvalue weighted by Crippen LogP contribution is 1.97. The van der Waals surface area contributed by atoms with Gasteiger partial charge >= 0.3 is 0 Å². The largest absolute Gasteiger partial charge is 0.311 e. The van der Waals surface area contributed by atoms with E-state index in [2.05, 4.69) is 35.6 Å². The molecule has 0 aliphatic heterocycles. The Morgan fingerprint density at radius 2 is 2.43 bits per heavy atom. The van der Waals surface area contributed by atoms with Crippen LogP contribution in [0.25, 0.3) is 0 Å². The summed E-state index contributed by atoms with van der Waals surface area (Å²) in [6.07, 6.45) is 7.20. The fraction of sp³-hybridized carbons (Fsp3) is 0.545. The first kappa shape index (κ1) is 11.0. The van der Waals surface area contributed by atoms with Crippen LogP contribution in [0, 0.1) is 0 Å². The van der Waals surface area contributed by atoms with Gasteiger partial charge in [-0.15, -0.1) is 0 Å². The molecule has 3 heteroatoms. The molecule has 3 nitrogen and oxygen atoms in total. The molecule has 0 unspecified atom stereocenters. The van der Waals surface area contributed by atoms with Gasteiger partial charge in [0.25, 0.3) is 0 Å². The van der Waals surface area contributed by atoms with Crippen LogP contribution in [0.2, 0.25) is 0 Å². The number of aromatic nitrogens is 2. The Labute approximate surface area is 85.8 Å². The van der Waals surface area contributed by atoms with Gasteiger partial charge in [0.1, 0.15) is 0 Å². The van der Waals surface area contributed by atoms with Crippen LogP contribution in [0.5, 0.6) is 0 Å². The fourth-order valence-corrected chi connectivity index (χ4v) is 1.36. The van der Waals surface area contributed by atoms with Crippen LogP contribution >= 0.6 is 0 Å². The monoisotopic (exact) mass is 193 g/mol. The van der Waals surface area contributed by atoms with Gasteiger partial charge in [-0.25, -0.2) is 0 Å². The Balaban J connectivity index is 2.24. The molecule has 0 aliphatic carbocycles. The molecule has 0 saturated heterocycles. The van der Waals surface area contributed by atoms with Crippen molar-refractivity contribution < 1.29 is 0 Å². The van der Waals surface area contributed by atoms with Gasteiger partial charge in [-0.05, 0) is 32.9 Å². The molecule has 0 radical (unpaired) electrons. The summed E-state index contributed by atoms with van der Waals surface area (Å²) >= 11 is 0. The number of hydrogen-bond acceptors (Lipinski definition) is 2. The highest BCUT2D eigenvalue weighted by Gasteiger charge is 1.98. The molecule has 0 amide bonds. The van der Waals surface area contributed by atoms with E-state index in [9.17, 15) is 0 Å². The normalized spacial score (nSPS) is 11.3. The molecule has 0 aliphatic rings. The molecular formula is C11H19N3. The molecule has 0 aromatic carbocycles. The number of rotatable bonds is 6. The Morgan fingerprint density at radius 3 is 3.14 bits per heavy atom. The van der Waals surface area contributed by atoms with Crippen molar-refractivity contribution in [3.05, 3.63) is 30.1 Å². The number of allylic oxidation sites excluding steroid dienone is 1. The van der Waals surface area contributed by atoms with Crippen molar-refractivity contribution in [3.63, 3.8) is 0 Å². The van der Waals surface area contributed by atoms with E-state index in [0.717, 1.165) is 26.1 Å². The summed E-state index contributed by atoms with van der Waals surface area (Å²) < 4.78 is 2.02. The fourth-order valence-electron chi connectivity index (χ4n) is 1.36. The number of hydrogen-bond donors (Lipinski definition) is 1. The lowest BCUT2D eigenvalue weighted by Gasteiger charge is -2.05. The molecule has 0 fully saturated rings. The predicted molar refractivity (Wildman–Crippen MR) is 59.0 cm³/mol. The van der Waals surface area contributed by atoms with Crippen LogP contribution in [0.15, 0.2) is 24.4 Å². The van der Waals surface area contributed by atoms with E-state index in [4.69, 9.17) is 0 Å². The molecule has 0 bridgehead atoms. The van der Waals surface area contributed by atoms with Gasteiger partial charge in [0.15, 0.2) is 0 Å². The second-order valence-electron chi connectivity index (χ2n) is 3.17. The third kappa shape index (κ3) is 3.34. The summed E-state index contributed by atoms with van der Waals surface area (Å²) in [5.41, 5.74) is 1.26. The Hall–Kier alpha value is -1.09. The predicted octanol–water partition coefficient (Wildman–Crippen LogP) is 1.96. The summed E-state index contributed by atoms with van der Waals surface area (Å²) in [7, 11) is 0. The lowest BCUT2D eigenvalue weighted by molar-refractivity contribution is 0.584. The van der Waals surface area contributed by atoms with Gasteiger partial charge in [-0.2, -0.15) is 5.10 Å². The minimum Gasteiger partial charge on any atom is -0.311 e. The van der Waals surface area contributed by atoms with Crippen molar-refractivity contribution in [1.29, 1.82) is 0 Å². The smallest absolute Gasteiger partial charge is 0.0521 e. The molecule has 1 aromatic rings. The second-order valence-corrected chi connectivity index (χ2v) is 3.17. The van der Waals surface area contributed by atoms with Crippen molar-refractivity contribution in [3.8, 4) is 0 Å². The van der Waals surface area contributed by atoms with Gasteiger partial charge in [0, 0.05) is 19.3 Å². The number of nitrogens with zero attached hydrogens (tertiary/aromatic N) is 2. The molecule has 78 valence electrons. The van der Waals surface area contributed by atoms with Crippen LogP contribution < -0.4 is 5.32 Å². The first-order valence-corrected chi connectivity index (χ1v) is 5.21. The van der Waals surface area contributed by atoms with Gasteiger partial charge < -0.3 is 5.32 Å². The average molecular weight is 193 g/mol.